The van der Waals surface area contributed by atoms with Crippen LogP contribution in [0, 0.1) is 0 Å². The van der Waals surface area contributed by atoms with Crippen LogP contribution in [0.5, 0.6) is 0 Å². The zero-order valence-corrected chi connectivity index (χ0v) is 7.68. The fourth-order valence-corrected chi connectivity index (χ4v) is 1.23. The van der Waals surface area contributed by atoms with E-state index in [0.29, 0.717) is 5.33 Å². The summed E-state index contributed by atoms with van der Waals surface area (Å²) >= 11 is 3.19. The molecule has 0 aromatic rings. The summed E-state index contributed by atoms with van der Waals surface area (Å²) in [5.41, 5.74) is 0. The van der Waals surface area contributed by atoms with Crippen LogP contribution in [0.4, 0.5) is 0 Å². The normalized spacial score (nSPS) is 11.5. The number of hydrogen-bond donors (Lipinski definition) is 0. The van der Waals surface area contributed by atoms with Crippen molar-refractivity contribution in [2.24, 2.45) is 0 Å². The second kappa shape index (κ2) is 4.82. The Morgan fingerprint density at radius 1 is 1.50 bits per heavy atom. The molecule has 0 aliphatic heterocycles. The molecule has 10 heavy (non-hydrogen) atoms. The Balaban J connectivity index is 4.00. The summed E-state index contributed by atoms with van der Waals surface area (Å²) in [7, 11) is 3.02. The Labute approximate surface area is 68.8 Å². The van der Waals surface area contributed by atoms with Crippen LogP contribution in [0.25, 0.3) is 0 Å². The molecule has 0 aromatic heterocycles. The van der Waals surface area contributed by atoms with Gasteiger partial charge in [-0.05, 0) is 0 Å². The fraction of sp³-hybridized carbons (Fsp3) is 0.833. The SMILES string of the molecule is COC(CBr)(CC=O)OC. The number of halogens is 1. The van der Waals surface area contributed by atoms with Crippen molar-refractivity contribution >= 4 is 22.2 Å². The molecule has 60 valence electrons. The Hall–Kier alpha value is 0.0700. The summed E-state index contributed by atoms with van der Waals surface area (Å²) in [4.78, 5) is 10.1. The van der Waals surface area contributed by atoms with Gasteiger partial charge in [-0.1, -0.05) is 15.9 Å². The molecule has 0 amide bonds. The van der Waals surface area contributed by atoms with Crippen molar-refractivity contribution in [1.82, 2.24) is 0 Å². The quantitative estimate of drug-likeness (QED) is 0.386. The standard InChI is InChI=1S/C6H11BrO3/c1-9-6(5-7,10-2)3-4-8/h4H,3,5H2,1-2H3. The number of methoxy groups -OCH3 is 2. The molecule has 0 fully saturated rings. The van der Waals surface area contributed by atoms with Crippen molar-refractivity contribution in [3.63, 3.8) is 0 Å². The molecule has 4 heteroatoms. The van der Waals surface area contributed by atoms with E-state index in [1.54, 1.807) is 0 Å². The number of hydrogen-bond acceptors (Lipinski definition) is 3. The van der Waals surface area contributed by atoms with Gasteiger partial charge in [-0.15, -0.1) is 0 Å². The molecule has 0 aliphatic rings. The molecule has 0 atom stereocenters. The highest BCUT2D eigenvalue weighted by molar-refractivity contribution is 9.09. The maximum absolute atomic E-state index is 10.1. The van der Waals surface area contributed by atoms with E-state index in [9.17, 15) is 4.79 Å². The van der Waals surface area contributed by atoms with Gasteiger partial charge in [0.15, 0.2) is 5.79 Å². The van der Waals surface area contributed by atoms with Crippen LogP contribution >= 0.6 is 15.9 Å². The van der Waals surface area contributed by atoms with E-state index in [0.717, 1.165) is 6.29 Å². The summed E-state index contributed by atoms with van der Waals surface area (Å²) in [5, 5.41) is 0.492. The van der Waals surface area contributed by atoms with Crippen molar-refractivity contribution in [1.29, 1.82) is 0 Å². The molecule has 0 saturated heterocycles. The predicted octanol–water partition coefficient (Wildman–Crippen LogP) is 0.959. The highest BCUT2D eigenvalue weighted by Gasteiger charge is 2.27. The zero-order chi connectivity index (χ0) is 8.04. The highest BCUT2D eigenvalue weighted by atomic mass is 79.9. The molecule has 0 aromatic carbocycles. The van der Waals surface area contributed by atoms with Crippen molar-refractivity contribution in [3.8, 4) is 0 Å². The van der Waals surface area contributed by atoms with Crippen LogP contribution in [-0.2, 0) is 14.3 Å². The third-order valence-electron chi connectivity index (χ3n) is 1.34. The van der Waals surface area contributed by atoms with E-state index in [1.807, 2.05) is 0 Å². The van der Waals surface area contributed by atoms with Gasteiger partial charge < -0.3 is 14.3 Å². The molecule has 0 rings (SSSR count). The number of ether oxygens (including phenoxy) is 2. The molecule has 0 saturated carbocycles. The lowest BCUT2D eigenvalue weighted by molar-refractivity contribution is -0.190. The highest BCUT2D eigenvalue weighted by Crippen LogP contribution is 2.17. The van der Waals surface area contributed by atoms with Crippen LogP contribution in [0.2, 0.25) is 0 Å². The Kier molecular flexibility index (Phi) is 4.85. The summed E-state index contributed by atoms with van der Waals surface area (Å²) in [5.74, 6) is -0.776. The fourth-order valence-electron chi connectivity index (χ4n) is 0.541. The summed E-state index contributed by atoms with van der Waals surface area (Å²) < 4.78 is 9.95. The van der Waals surface area contributed by atoms with E-state index in [-0.39, 0.29) is 6.42 Å². The minimum absolute atomic E-state index is 0.241. The molecule has 3 nitrogen and oxygen atoms in total. The third kappa shape index (κ3) is 2.36. The van der Waals surface area contributed by atoms with Crippen LogP contribution in [-0.4, -0.2) is 31.6 Å². The smallest absolute Gasteiger partial charge is 0.183 e. The Bertz CT molecular complexity index is 92.9. The van der Waals surface area contributed by atoms with Crippen molar-refractivity contribution in [2.45, 2.75) is 12.2 Å². The van der Waals surface area contributed by atoms with Gasteiger partial charge in [-0.3, -0.25) is 0 Å². The van der Waals surface area contributed by atoms with Gasteiger partial charge in [-0.2, -0.15) is 0 Å². The first kappa shape index (κ1) is 10.1. The number of carbonyl (C=O) groups excluding carboxylic acids is 1. The lowest BCUT2D eigenvalue weighted by Gasteiger charge is -2.26. The molecule has 0 aliphatic carbocycles. The second-order valence-electron chi connectivity index (χ2n) is 1.82. The monoisotopic (exact) mass is 210 g/mol. The average molecular weight is 211 g/mol. The van der Waals surface area contributed by atoms with Crippen LogP contribution in [0.1, 0.15) is 6.42 Å². The Morgan fingerprint density at radius 3 is 2.10 bits per heavy atom. The van der Waals surface area contributed by atoms with Gasteiger partial charge in [0.2, 0.25) is 0 Å². The third-order valence-corrected chi connectivity index (χ3v) is 2.20. The minimum Gasteiger partial charge on any atom is -0.352 e. The lowest BCUT2D eigenvalue weighted by atomic mass is 10.2. The van der Waals surface area contributed by atoms with Gasteiger partial charge in [0.1, 0.15) is 6.29 Å². The van der Waals surface area contributed by atoms with Crippen molar-refractivity contribution < 1.29 is 14.3 Å². The average Bonchev–Trinajstić information content (AvgIpc) is 2.01. The number of rotatable bonds is 5. The molecule has 0 unspecified atom stereocenters. The molecule has 0 N–H and O–H groups in total. The first-order chi connectivity index (χ1) is 4.74. The van der Waals surface area contributed by atoms with E-state index in [1.165, 1.54) is 14.2 Å². The molecule has 0 bridgehead atoms. The predicted molar refractivity (Wildman–Crippen MR) is 41.2 cm³/mol. The van der Waals surface area contributed by atoms with Crippen LogP contribution < -0.4 is 0 Å². The topological polar surface area (TPSA) is 35.5 Å². The van der Waals surface area contributed by atoms with Gasteiger partial charge in [0.25, 0.3) is 0 Å². The van der Waals surface area contributed by atoms with E-state index in [2.05, 4.69) is 15.9 Å². The molecular formula is C6H11BrO3. The zero-order valence-electron chi connectivity index (χ0n) is 6.09. The molecule has 0 spiro atoms. The first-order valence-corrected chi connectivity index (χ1v) is 3.96. The van der Waals surface area contributed by atoms with Crippen molar-refractivity contribution in [3.05, 3.63) is 0 Å². The van der Waals surface area contributed by atoms with Crippen molar-refractivity contribution in [2.75, 3.05) is 19.5 Å². The minimum atomic E-state index is -0.776. The maximum atomic E-state index is 10.1. The van der Waals surface area contributed by atoms with Gasteiger partial charge in [-0.25, -0.2) is 0 Å². The molecule has 0 radical (unpaired) electrons. The summed E-state index contributed by atoms with van der Waals surface area (Å²) in [6.07, 6.45) is 1.01. The second-order valence-corrected chi connectivity index (χ2v) is 2.38. The number of aldehydes is 1. The van der Waals surface area contributed by atoms with Crippen LogP contribution in [0.3, 0.4) is 0 Å². The largest absolute Gasteiger partial charge is 0.352 e. The molecular weight excluding hydrogens is 200 g/mol. The number of alkyl halides is 1. The van der Waals surface area contributed by atoms with E-state index in [4.69, 9.17) is 9.47 Å². The summed E-state index contributed by atoms with van der Waals surface area (Å²) in [6, 6.07) is 0. The van der Waals surface area contributed by atoms with Crippen LogP contribution in [0.15, 0.2) is 0 Å². The first-order valence-electron chi connectivity index (χ1n) is 2.84. The lowest BCUT2D eigenvalue weighted by Crippen LogP contribution is -2.35. The van der Waals surface area contributed by atoms with Gasteiger partial charge in [0, 0.05) is 14.2 Å². The Morgan fingerprint density at radius 2 is 2.00 bits per heavy atom. The van der Waals surface area contributed by atoms with Gasteiger partial charge >= 0.3 is 0 Å². The van der Waals surface area contributed by atoms with E-state index >= 15 is 0 Å². The molecule has 0 heterocycles. The van der Waals surface area contributed by atoms with Gasteiger partial charge in [0.05, 0.1) is 11.8 Å². The van der Waals surface area contributed by atoms with E-state index < -0.39 is 5.79 Å². The summed E-state index contributed by atoms with van der Waals surface area (Å²) in [6.45, 7) is 0. The maximum Gasteiger partial charge on any atom is 0.183 e. The number of carbonyl (C=O) groups is 1.